The van der Waals surface area contributed by atoms with E-state index in [1.54, 1.807) is 4.90 Å². The van der Waals surface area contributed by atoms with Gasteiger partial charge in [-0.1, -0.05) is 30.3 Å². The minimum atomic E-state index is -0.505. The van der Waals surface area contributed by atoms with Crippen LogP contribution in [0.2, 0.25) is 0 Å². The highest BCUT2D eigenvalue weighted by Gasteiger charge is 2.41. The molecule has 7 nitrogen and oxygen atoms in total. The van der Waals surface area contributed by atoms with E-state index < -0.39 is 11.0 Å². The number of benzene rings is 1. The summed E-state index contributed by atoms with van der Waals surface area (Å²) in [6, 6.07) is 10.0. The third kappa shape index (κ3) is 5.73. The second-order valence-corrected chi connectivity index (χ2v) is 9.13. The Hall–Kier alpha value is -2.12. The molecule has 2 amide bonds. The maximum Gasteiger partial charge on any atom is 0.410 e. The molecule has 0 spiro atoms. The van der Waals surface area contributed by atoms with Crippen LogP contribution in [0.5, 0.6) is 0 Å². The second kappa shape index (κ2) is 9.79. The SMILES string of the molecule is CC(C)(C)OC(=O)N1CCN(CCNC(=O)C2(c3ccccc3)CCOCC2)CC1. The molecule has 1 aromatic rings. The van der Waals surface area contributed by atoms with E-state index in [9.17, 15) is 9.59 Å². The molecular weight excluding hydrogens is 382 g/mol. The van der Waals surface area contributed by atoms with Crippen molar-refractivity contribution in [1.82, 2.24) is 15.1 Å². The van der Waals surface area contributed by atoms with Crippen LogP contribution in [0.4, 0.5) is 4.79 Å². The molecular formula is C23H35N3O4. The third-order valence-corrected chi connectivity index (χ3v) is 5.84. The summed E-state index contributed by atoms with van der Waals surface area (Å²) < 4.78 is 11.0. The molecule has 0 aliphatic carbocycles. The van der Waals surface area contributed by atoms with Gasteiger partial charge in [-0.3, -0.25) is 9.69 Å². The van der Waals surface area contributed by atoms with E-state index in [1.807, 2.05) is 51.1 Å². The summed E-state index contributed by atoms with van der Waals surface area (Å²) in [5, 5.41) is 3.16. The quantitative estimate of drug-likeness (QED) is 0.797. The normalized spacial score (nSPS) is 19.9. The molecule has 2 aliphatic heterocycles. The lowest BCUT2D eigenvalue weighted by Crippen LogP contribution is -2.53. The zero-order chi connectivity index (χ0) is 21.6. The summed E-state index contributed by atoms with van der Waals surface area (Å²) >= 11 is 0. The number of piperazine rings is 1. The van der Waals surface area contributed by atoms with Crippen LogP contribution in [0.25, 0.3) is 0 Å². The van der Waals surface area contributed by atoms with Crippen LogP contribution in [-0.2, 0) is 19.7 Å². The number of carbonyl (C=O) groups is 2. The Morgan fingerprint density at radius 3 is 2.30 bits per heavy atom. The van der Waals surface area contributed by atoms with Crippen molar-refractivity contribution in [2.24, 2.45) is 0 Å². The largest absolute Gasteiger partial charge is 0.444 e. The van der Waals surface area contributed by atoms with Gasteiger partial charge in [0.2, 0.25) is 5.91 Å². The Labute approximate surface area is 179 Å². The molecule has 2 aliphatic rings. The van der Waals surface area contributed by atoms with Crippen LogP contribution in [0.15, 0.2) is 30.3 Å². The minimum Gasteiger partial charge on any atom is -0.444 e. The fraction of sp³-hybridized carbons (Fsp3) is 0.652. The summed E-state index contributed by atoms with van der Waals surface area (Å²) in [5.41, 5.74) is 0.0866. The van der Waals surface area contributed by atoms with Gasteiger partial charge in [-0.25, -0.2) is 4.79 Å². The molecule has 0 atom stereocenters. The van der Waals surface area contributed by atoms with Gasteiger partial charge in [-0.05, 0) is 39.2 Å². The molecule has 2 fully saturated rings. The maximum absolute atomic E-state index is 13.2. The Morgan fingerprint density at radius 1 is 1.07 bits per heavy atom. The molecule has 2 heterocycles. The number of nitrogens with one attached hydrogen (secondary N) is 1. The monoisotopic (exact) mass is 417 g/mol. The number of hydrogen-bond acceptors (Lipinski definition) is 5. The van der Waals surface area contributed by atoms with Crippen LogP contribution < -0.4 is 5.32 Å². The van der Waals surface area contributed by atoms with Crippen molar-refractivity contribution in [2.75, 3.05) is 52.5 Å². The van der Waals surface area contributed by atoms with Crippen LogP contribution >= 0.6 is 0 Å². The highest BCUT2D eigenvalue weighted by molar-refractivity contribution is 5.88. The van der Waals surface area contributed by atoms with Crippen molar-refractivity contribution in [3.05, 3.63) is 35.9 Å². The molecule has 166 valence electrons. The first-order valence-corrected chi connectivity index (χ1v) is 10.9. The molecule has 30 heavy (non-hydrogen) atoms. The summed E-state index contributed by atoms with van der Waals surface area (Å²) in [6.45, 7) is 11.1. The minimum absolute atomic E-state index is 0.0874. The number of rotatable bonds is 5. The molecule has 1 N–H and O–H groups in total. The van der Waals surface area contributed by atoms with Gasteiger partial charge in [-0.2, -0.15) is 0 Å². The van der Waals surface area contributed by atoms with E-state index in [4.69, 9.17) is 9.47 Å². The van der Waals surface area contributed by atoms with Crippen LogP contribution in [0.3, 0.4) is 0 Å². The van der Waals surface area contributed by atoms with Crippen molar-refractivity contribution in [3.63, 3.8) is 0 Å². The van der Waals surface area contributed by atoms with Gasteiger partial charge >= 0.3 is 6.09 Å². The number of hydrogen-bond donors (Lipinski definition) is 1. The fourth-order valence-electron chi connectivity index (χ4n) is 4.10. The Morgan fingerprint density at radius 2 is 1.70 bits per heavy atom. The predicted molar refractivity (Wildman–Crippen MR) is 115 cm³/mol. The highest BCUT2D eigenvalue weighted by Crippen LogP contribution is 2.35. The molecule has 7 heteroatoms. The molecule has 2 saturated heterocycles. The van der Waals surface area contributed by atoms with Crippen molar-refractivity contribution in [2.45, 2.75) is 44.6 Å². The van der Waals surface area contributed by atoms with Gasteiger partial charge in [-0.15, -0.1) is 0 Å². The maximum atomic E-state index is 13.2. The second-order valence-electron chi connectivity index (χ2n) is 9.13. The summed E-state index contributed by atoms with van der Waals surface area (Å²) in [7, 11) is 0. The van der Waals surface area contributed by atoms with E-state index in [2.05, 4.69) is 10.2 Å². The van der Waals surface area contributed by atoms with E-state index in [1.165, 1.54) is 0 Å². The van der Waals surface area contributed by atoms with Gasteiger partial charge in [0.1, 0.15) is 5.60 Å². The van der Waals surface area contributed by atoms with E-state index in [-0.39, 0.29) is 12.0 Å². The van der Waals surface area contributed by atoms with E-state index in [0.29, 0.717) is 45.7 Å². The lowest BCUT2D eigenvalue weighted by molar-refractivity contribution is -0.130. The first-order valence-electron chi connectivity index (χ1n) is 10.9. The van der Waals surface area contributed by atoms with Gasteiger partial charge in [0.25, 0.3) is 0 Å². The number of nitrogens with zero attached hydrogens (tertiary/aromatic N) is 2. The van der Waals surface area contributed by atoms with E-state index in [0.717, 1.165) is 25.2 Å². The topological polar surface area (TPSA) is 71.1 Å². The van der Waals surface area contributed by atoms with Crippen molar-refractivity contribution < 1.29 is 19.1 Å². The van der Waals surface area contributed by atoms with E-state index >= 15 is 0 Å². The van der Waals surface area contributed by atoms with Gasteiger partial charge < -0.3 is 19.7 Å². The average Bonchev–Trinajstić information content (AvgIpc) is 2.74. The van der Waals surface area contributed by atoms with Gasteiger partial charge in [0.15, 0.2) is 0 Å². The molecule has 0 saturated carbocycles. The van der Waals surface area contributed by atoms with Crippen molar-refractivity contribution in [3.8, 4) is 0 Å². The lowest BCUT2D eigenvalue weighted by Gasteiger charge is -2.37. The zero-order valence-corrected chi connectivity index (χ0v) is 18.5. The number of ether oxygens (including phenoxy) is 2. The van der Waals surface area contributed by atoms with Gasteiger partial charge in [0, 0.05) is 52.5 Å². The summed E-state index contributed by atoms with van der Waals surface area (Å²) in [5.74, 6) is 0.0874. The number of carbonyl (C=O) groups excluding carboxylic acids is 2. The molecule has 0 bridgehead atoms. The van der Waals surface area contributed by atoms with Crippen LogP contribution in [0.1, 0.15) is 39.2 Å². The van der Waals surface area contributed by atoms with Gasteiger partial charge in [0.05, 0.1) is 5.41 Å². The third-order valence-electron chi connectivity index (χ3n) is 5.84. The molecule has 1 aromatic carbocycles. The van der Waals surface area contributed by atoms with Crippen LogP contribution in [0, 0.1) is 0 Å². The molecule has 0 unspecified atom stereocenters. The molecule has 3 rings (SSSR count). The highest BCUT2D eigenvalue weighted by atomic mass is 16.6. The summed E-state index contributed by atoms with van der Waals surface area (Å²) in [6.07, 6.45) is 1.16. The zero-order valence-electron chi connectivity index (χ0n) is 18.5. The smallest absolute Gasteiger partial charge is 0.410 e. The van der Waals surface area contributed by atoms with Crippen molar-refractivity contribution >= 4 is 12.0 Å². The fourth-order valence-corrected chi connectivity index (χ4v) is 4.10. The Kier molecular flexibility index (Phi) is 7.36. The summed E-state index contributed by atoms with van der Waals surface area (Å²) in [4.78, 5) is 29.4. The number of amides is 2. The van der Waals surface area contributed by atoms with Crippen molar-refractivity contribution in [1.29, 1.82) is 0 Å². The predicted octanol–water partition coefficient (Wildman–Crippen LogP) is 2.40. The molecule has 0 aromatic heterocycles. The average molecular weight is 418 g/mol. The molecule has 0 radical (unpaired) electrons. The Bertz CT molecular complexity index is 703. The van der Waals surface area contributed by atoms with Crippen LogP contribution in [-0.4, -0.2) is 79.9 Å². The lowest BCUT2D eigenvalue weighted by atomic mass is 9.73. The first kappa shape index (κ1) is 22.6. The standard InChI is InChI=1S/C23H35N3O4/c1-22(2,3)30-21(28)26-15-13-25(14-16-26)12-11-24-20(27)23(9-17-29-18-10-23)19-7-5-4-6-8-19/h4-8H,9-18H2,1-3H3,(H,24,27). The first-order chi connectivity index (χ1) is 14.3. The Balaban J connectivity index is 1.47.